The highest BCUT2D eigenvalue weighted by Crippen LogP contribution is 2.28. The van der Waals surface area contributed by atoms with Gasteiger partial charge < -0.3 is 10.6 Å². The van der Waals surface area contributed by atoms with Gasteiger partial charge in [-0.2, -0.15) is 0 Å². The maximum absolute atomic E-state index is 5.86. The van der Waals surface area contributed by atoms with Crippen LogP contribution in [0.1, 0.15) is 30.5 Å². The quantitative estimate of drug-likeness (QED) is 0.826. The molecule has 0 aliphatic heterocycles. The summed E-state index contributed by atoms with van der Waals surface area (Å²) in [6.07, 6.45) is 1.12. The lowest BCUT2D eigenvalue weighted by atomic mass is 9.90. The van der Waals surface area contributed by atoms with Gasteiger partial charge in [0, 0.05) is 6.04 Å². The molecule has 1 aromatic rings. The molecule has 2 nitrogen and oxygen atoms in total. The van der Waals surface area contributed by atoms with Crippen LogP contribution in [0, 0.1) is 12.8 Å². The summed E-state index contributed by atoms with van der Waals surface area (Å²) in [5.74, 6) is 0.526. The van der Waals surface area contributed by atoms with Crippen LogP contribution >= 0.6 is 0 Å². The molecule has 90 valence electrons. The number of hydrogen-bond acceptors (Lipinski definition) is 2. The summed E-state index contributed by atoms with van der Waals surface area (Å²) in [7, 11) is 4.26. The van der Waals surface area contributed by atoms with E-state index < -0.39 is 0 Å². The van der Waals surface area contributed by atoms with Crippen molar-refractivity contribution in [1.82, 2.24) is 4.90 Å². The Morgan fingerprint density at radius 2 is 1.75 bits per heavy atom. The van der Waals surface area contributed by atoms with Crippen molar-refractivity contribution in [2.24, 2.45) is 11.7 Å². The van der Waals surface area contributed by atoms with Gasteiger partial charge in [0.15, 0.2) is 0 Å². The number of benzene rings is 1. The molecule has 1 aromatic carbocycles. The first kappa shape index (κ1) is 13.2. The molecule has 2 heteroatoms. The first-order valence-electron chi connectivity index (χ1n) is 6.03. The van der Waals surface area contributed by atoms with Crippen molar-refractivity contribution in [3.8, 4) is 0 Å². The number of nitrogens with zero attached hydrogens (tertiary/aromatic N) is 1. The van der Waals surface area contributed by atoms with Crippen molar-refractivity contribution in [2.45, 2.75) is 26.3 Å². The largest absolute Gasteiger partial charge is 0.330 e. The van der Waals surface area contributed by atoms with Crippen LogP contribution in [-0.2, 0) is 0 Å². The van der Waals surface area contributed by atoms with E-state index in [4.69, 9.17) is 5.73 Å². The Kier molecular flexibility index (Phi) is 4.97. The molecule has 0 aliphatic rings. The zero-order valence-corrected chi connectivity index (χ0v) is 10.9. The monoisotopic (exact) mass is 220 g/mol. The van der Waals surface area contributed by atoms with E-state index in [0.29, 0.717) is 12.0 Å². The first-order valence-corrected chi connectivity index (χ1v) is 6.03. The van der Waals surface area contributed by atoms with Crippen LogP contribution in [0.15, 0.2) is 24.3 Å². The molecular weight excluding hydrogens is 196 g/mol. The molecule has 0 fully saturated rings. The van der Waals surface area contributed by atoms with Gasteiger partial charge >= 0.3 is 0 Å². The molecule has 0 saturated carbocycles. The molecule has 2 atom stereocenters. The summed E-state index contributed by atoms with van der Waals surface area (Å²) < 4.78 is 0. The zero-order valence-electron chi connectivity index (χ0n) is 10.9. The molecule has 0 saturated heterocycles. The second-order valence-electron chi connectivity index (χ2n) is 4.72. The molecule has 16 heavy (non-hydrogen) atoms. The van der Waals surface area contributed by atoms with Crippen molar-refractivity contribution in [3.05, 3.63) is 35.4 Å². The molecule has 0 spiro atoms. The van der Waals surface area contributed by atoms with Gasteiger partial charge in [-0.3, -0.25) is 0 Å². The van der Waals surface area contributed by atoms with Crippen molar-refractivity contribution in [3.63, 3.8) is 0 Å². The second kappa shape index (κ2) is 6.02. The Hall–Kier alpha value is -0.860. The molecule has 1 rings (SSSR count). The molecule has 0 radical (unpaired) electrons. The zero-order chi connectivity index (χ0) is 12.1. The number of nitrogens with two attached hydrogens (primary N) is 1. The van der Waals surface area contributed by atoms with Gasteiger partial charge in [-0.05, 0) is 39.0 Å². The highest BCUT2D eigenvalue weighted by atomic mass is 15.1. The van der Waals surface area contributed by atoms with Gasteiger partial charge in [0.2, 0.25) is 0 Å². The summed E-state index contributed by atoms with van der Waals surface area (Å²) in [5.41, 5.74) is 8.54. The van der Waals surface area contributed by atoms with E-state index in [-0.39, 0.29) is 0 Å². The van der Waals surface area contributed by atoms with Gasteiger partial charge in [0.25, 0.3) is 0 Å². The number of aryl methyl sites for hydroxylation is 1. The molecule has 2 unspecified atom stereocenters. The third-order valence-electron chi connectivity index (χ3n) is 3.25. The van der Waals surface area contributed by atoms with Gasteiger partial charge in [-0.25, -0.2) is 0 Å². The summed E-state index contributed by atoms with van der Waals surface area (Å²) in [4.78, 5) is 2.27. The lowest BCUT2D eigenvalue weighted by molar-refractivity contribution is 0.211. The molecule has 0 aromatic heterocycles. The Balaban J connectivity index is 2.97. The van der Waals surface area contributed by atoms with E-state index in [2.05, 4.69) is 57.1 Å². The molecule has 0 aliphatic carbocycles. The average Bonchev–Trinajstić information content (AvgIpc) is 2.27. The van der Waals surface area contributed by atoms with Gasteiger partial charge in [0.1, 0.15) is 0 Å². The standard InChI is InChI=1S/C14H24N2/c1-5-12(10-15)14(16(3)4)13-8-6-11(2)7-9-13/h6-9,12,14H,5,10,15H2,1-4H3. The van der Waals surface area contributed by atoms with Crippen LogP contribution in [0.25, 0.3) is 0 Å². The Morgan fingerprint density at radius 3 is 2.12 bits per heavy atom. The predicted molar refractivity (Wildman–Crippen MR) is 70.4 cm³/mol. The van der Waals surface area contributed by atoms with Crippen LogP contribution in [0.5, 0.6) is 0 Å². The minimum Gasteiger partial charge on any atom is -0.330 e. The maximum atomic E-state index is 5.86. The minimum atomic E-state index is 0.426. The summed E-state index contributed by atoms with van der Waals surface area (Å²) in [6, 6.07) is 9.22. The topological polar surface area (TPSA) is 29.3 Å². The lowest BCUT2D eigenvalue weighted by Gasteiger charge is -2.31. The molecule has 0 amide bonds. The number of rotatable bonds is 5. The Morgan fingerprint density at radius 1 is 1.19 bits per heavy atom. The van der Waals surface area contributed by atoms with Crippen LogP contribution < -0.4 is 5.73 Å². The van der Waals surface area contributed by atoms with Gasteiger partial charge in [-0.1, -0.05) is 43.2 Å². The third kappa shape index (κ3) is 3.06. The van der Waals surface area contributed by atoms with E-state index in [1.54, 1.807) is 0 Å². The van der Waals surface area contributed by atoms with E-state index in [1.165, 1.54) is 11.1 Å². The van der Waals surface area contributed by atoms with E-state index in [9.17, 15) is 0 Å². The Bertz CT molecular complexity index is 299. The molecular formula is C14H24N2. The van der Waals surface area contributed by atoms with E-state index >= 15 is 0 Å². The van der Waals surface area contributed by atoms with Crippen LogP contribution in [-0.4, -0.2) is 25.5 Å². The van der Waals surface area contributed by atoms with Crippen LogP contribution in [0.4, 0.5) is 0 Å². The fraction of sp³-hybridized carbons (Fsp3) is 0.571. The van der Waals surface area contributed by atoms with E-state index in [0.717, 1.165) is 13.0 Å². The highest BCUT2D eigenvalue weighted by Gasteiger charge is 2.22. The normalized spacial score (nSPS) is 15.1. The van der Waals surface area contributed by atoms with Crippen molar-refractivity contribution < 1.29 is 0 Å². The Labute approximate surface area is 99.5 Å². The molecule has 0 bridgehead atoms. The highest BCUT2D eigenvalue weighted by molar-refractivity contribution is 5.24. The van der Waals surface area contributed by atoms with Crippen LogP contribution in [0.3, 0.4) is 0 Å². The molecule has 2 N–H and O–H groups in total. The minimum absolute atomic E-state index is 0.426. The van der Waals surface area contributed by atoms with Crippen molar-refractivity contribution in [1.29, 1.82) is 0 Å². The van der Waals surface area contributed by atoms with Crippen LogP contribution in [0.2, 0.25) is 0 Å². The fourth-order valence-corrected chi connectivity index (χ4v) is 2.27. The van der Waals surface area contributed by atoms with Crippen molar-refractivity contribution in [2.75, 3.05) is 20.6 Å². The third-order valence-corrected chi connectivity index (χ3v) is 3.25. The van der Waals surface area contributed by atoms with Crippen molar-refractivity contribution >= 4 is 0 Å². The second-order valence-corrected chi connectivity index (χ2v) is 4.72. The van der Waals surface area contributed by atoms with Gasteiger partial charge in [0.05, 0.1) is 0 Å². The maximum Gasteiger partial charge on any atom is 0.0382 e. The smallest absolute Gasteiger partial charge is 0.0382 e. The number of hydrogen-bond donors (Lipinski definition) is 1. The SMILES string of the molecule is CCC(CN)C(c1ccc(C)cc1)N(C)C. The predicted octanol–water partition coefficient (Wildman–Crippen LogP) is 2.58. The van der Waals surface area contributed by atoms with Gasteiger partial charge in [-0.15, -0.1) is 0 Å². The summed E-state index contributed by atoms with van der Waals surface area (Å²) in [6.45, 7) is 5.07. The summed E-state index contributed by atoms with van der Waals surface area (Å²) >= 11 is 0. The lowest BCUT2D eigenvalue weighted by Crippen LogP contribution is -2.31. The fourth-order valence-electron chi connectivity index (χ4n) is 2.27. The summed E-state index contributed by atoms with van der Waals surface area (Å²) in [5, 5.41) is 0. The first-order chi connectivity index (χ1) is 7.60. The van der Waals surface area contributed by atoms with E-state index in [1.807, 2.05) is 0 Å². The molecule has 0 heterocycles. The average molecular weight is 220 g/mol.